The number of carbonyl (C=O) groups is 1. The van der Waals surface area contributed by atoms with Crippen LogP contribution in [0.1, 0.15) is 5.56 Å². The van der Waals surface area contributed by atoms with E-state index >= 15 is 0 Å². The molecule has 0 heterocycles. The highest BCUT2D eigenvalue weighted by Crippen LogP contribution is 2.29. The lowest BCUT2D eigenvalue weighted by Crippen LogP contribution is -2.39. The number of nitro benzene ring substituents is 1. The van der Waals surface area contributed by atoms with E-state index in [2.05, 4.69) is 12.2 Å². The van der Waals surface area contributed by atoms with Gasteiger partial charge in [-0.05, 0) is 36.5 Å². The molecule has 13 heteroatoms. The molecule has 0 saturated carbocycles. The predicted octanol–water partition coefficient (Wildman–Crippen LogP) is 2.74. The van der Waals surface area contributed by atoms with Gasteiger partial charge in [-0.15, -0.1) is 0 Å². The average molecular weight is 446 g/mol. The molecular weight excluding hydrogens is 434 g/mol. The molecule has 0 aliphatic carbocycles. The zero-order chi connectivity index (χ0) is 21.1. The molecule has 3 N–H and O–H groups in total. The van der Waals surface area contributed by atoms with E-state index in [1.807, 2.05) is 0 Å². The molecule has 0 bridgehead atoms. The second-order valence-electron chi connectivity index (χ2n) is 5.22. The maximum absolute atomic E-state index is 12.4. The van der Waals surface area contributed by atoms with E-state index in [1.165, 1.54) is 18.2 Å². The van der Waals surface area contributed by atoms with Crippen LogP contribution in [0.5, 0.6) is 5.75 Å². The Hall–Kier alpha value is -2.96. The molecule has 0 fully saturated rings. The van der Waals surface area contributed by atoms with Gasteiger partial charge in [0.15, 0.2) is 10.9 Å². The Kier molecular flexibility index (Phi) is 6.38. The Balaban J connectivity index is 2.44. The fourth-order valence-corrected chi connectivity index (χ4v) is 3.42. The van der Waals surface area contributed by atoms with Crippen molar-refractivity contribution in [2.24, 2.45) is 5.73 Å². The number of nitro groups is 1. The van der Waals surface area contributed by atoms with Crippen molar-refractivity contribution < 1.29 is 27.4 Å². The van der Waals surface area contributed by atoms with Crippen LogP contribution in [-0.2, 0) is 16.7 Å². The van der Waals surface area contributed by atoms with Crippen molar-refractivity contribution in [2.75, 3.05) is 0 Å². The predicted molar refractivity (Wildman–Crippen MR) is 103 cm³/mol. The number of nitrogens with two attached hydrogens (primary N) is 1. The van der Waals surface area contributed by atoms with Crippen molar-refractivity contribution >= 4 is 50.8 Å². The smallest absolute Gasteiger partial charge is 0.413 e. The number of para-hydroxylation sites is 1. The third-order valence-electron chi connectivity index (χ3n) is 3.40. The maximum Gasteiger partial charge on any atom is 0.413 e. The number of thiocarbonyl (C=S) groups is 1. The van der Waals surface area contributed by atoms with Crippen LogP contribution in [0.3, 0.4) is 0 Å². The molecule has 0 aromatic heterocycles. The number of carboxylic acid groups (broad SMARTS) is 1. The first kappa shape index (κ1) is 21.3. The van der Waals surface area contributed by atoms with Crippen LogP contribution in [0.25, 0.3) is 0 Å². The number of nitrogens with zero attached hydrogens (tertiary/aromatic N) is 2. The molecule has 2 aromatic rings. The summed E-state index contributed by atoms with van der Waals surface area (Å²) in [5.74, 6) is -0.151. The third kappa shape index (κ3) is 4.85. The summed E-state index contributed by atoms with van der Waals surface area (Å²) in [6.07, 6.45) is -1.51. The molecule has 0 saturated heterocycles. The van der Waals surface area contributed by atoms with Gasteiger partial charge >= 0.3 is 16.2 Å². The molecule has 1 amide bonds. The summed E-state index contributed by atoms with van der Waals surface area (Å²) in [4.78, 5) is 21.6. The van der Waals surface area contributed by atoms with E-state index in [0.29, 0.717) is 4.90 Å². The zero-order valence-electron chi connectivity index (χ0n) is 13.8. The topological polar surface area (TPSA) is 153 Å². The average Bonchev–Trinajstić information content (AvgIpc) is 2.60. The first-order valence-electron chi connectivity index (χ1n) is 7.29. The normalized spacial score (nSPS) is 10.9. The highest BCUT2D eigenvalue weighted by atomic mass is 35.5. The number of benzene rings is 2. The van der Waals surface area contributed by atoms with E-state index in [9.17, 15) is 23.3 Å². The van der Waals surface area contributed by atoms with Gasteiger partial charge in [-0.1, -0.05) is 23.7 Å². The maximum atomic E-state index is 12.4. The van der Waals surface area contributed by atoms with Crippen LogP contribution in [-0.4, -0.2) is 34.6 Å². The van der Waals surface area contributed by atoms with Gasteiger partial charge in [-0.25, -0.2) is 9.69 Å². The summed E-state index contributed by atoms with van der Waals surface area (Å²) >= 11 is 10.5. The second kappa shape index (κ2) is 8.37. The molecule has 0 radical (unpaired) electrons. The molecule has 0 aliphatic rings. The van der Waals surface area contributed by atoms with Crippen LogP contribution in [0.15, 0.2) is 47.4 Å². The summed E-state index contributed by atoms with van der Waals surface area (Å²) in [6, 6.07) is 8.66. The summed E-state index contributed by atoms with van der Waals surface area (Å²) in [6.45, 7) is -0.535. The fraction of sp³-hybridized carbons (Fsp3) is 0.0667. The van der Waals surface area contributed by atoms with E-state index < -0.39 is 43.4 Å². The van der Waals surface area contributed by atoms with Gasteiger partial charge in [0.05, 0.1) is 16.5 Å². The number of halogens is 1. The summed E-state index contributed by atoms with van der Waals surface area (Å²) in [7, 11) is -4.44. The SMILES string of the molecule is NC(=S)N(Cc1ccc(S(=O)(=O)Oc2ccccc2Cl)cc1[N+](=O)[O-])C(=O)O. The Morgan fingerprint density at radius 3 is 2.50 bits per heavy atom. The second-order valence-corrected chi connectivity index (χ2v) is 7.59. The van der Waals surface area contributed by atoms with E-state index in [4.69, 9.17) is 26.6 Å². The van der Waals surface area contributed by atoms with Crippen LogP contribution in [0.4, 0.5) is 10.5 Å². The molecule has 2 rings (SSSR count). The lowest BCUT2D eigenvalue weighted by molar-refractivity contribution is -0.385. The van der Waals surface area contributed by atoms with Gasteiger partial charge in [0.2, 0.25) is 0 Å². The molecule has 0 atom stereocenters. The zero-order valence-corrected chi connectivity index (χ0v) is 16.2. The molecule has 28 heavy (non-hydrogen) atoms. The van der Waals surface area contributed by atoms with Crippen LogP contribution in [0, 0.1) is 10.1 Å². The lowest BCUT2D eigenvalue weighted by atomic mass is 10.1. The van der Waals surface area contributed by atoms with Gasteiger partial charge in [0.25, 0.3) is 5.69 Å². The minimum Gasteiger partial charge on any atom is -0.465 e. The lowest BCUT2D eigenvalue weighted by Gasteiger charge is -2.17. The van der Waals surface area contributed by atoms with E-state index in [0.717, 1.165) is 18.2 Å². The quantitative estimate of drug-likeness (QED) is 0.295. The van der Waals surface area contributed by atoms with Crippen LogP contribution >= 0.6 is 23.8 Å². The van der Waals surface area contributed by atoms with Crippen molar-refractivity contribution in [2.45, 2.75) is 11.4 Å². The Morgan fingerprint density at radius 1 is 1.32 bits per heavy atom. The van der Waals surface area contributed by atoms with Crippen molar-refractivity contribution in [1.29, 1.82) is 0 Å². The Labute approximate surface area is 169 Å². The summed E-state index contributed by atoms with van der Waals surface area (Å²) < 4.78 is 29.8. The van der Waals surface area contributed by atoms with E-state index in [-0.39, 0.29) is 16.3 Å². The fourth-order valence-electron chi connectivity index (χ4n) is 2.09. The van der Waals surface area contributed by atoms with Crippen LogP contribution in [0.2, 0.25) is 5.02 Å². The molecular formula is C15H12ClN3O7S2. The molecule has 0 aliphatic heterocycles. The minimum absolute atomic E-state index is 0.0331. The monoisotopic (exact) mass is 445 g/mol. The Morgan fingerprint density at radius 2 is 1.96 bits per heavy atom. The van der Waals surface area contributed by atoms with E-state index in [1.54, 1.807) is 6.07 Å². The highest BCUT2D eigenvalue weighted by Gasteiger charge is 2.26. The van der Waals surface area contributed by atoms with Gasteiger partial charge in [-0.3, -0.25) is 10.1 Å². The van der Waals surface area contributed by atoms with Crippen molar-refractivity contribution in [1.82, 2.24) is 4.90 Å². The number of rotatable bonds is 6. The molecule has 10 nitrogen and oxygen atoms in total. The first-order chi connectivity index (χ1) is 13.0. The minimum atomic E-state index is -4.44. The first-order valence-corrected chi connectivity index (χ1v) is 9.48. The molecule has 0 spiro atoms. The van der Waals surface area contributed by atoms with Gasteiger partial charge in [0.1, 0.15) is 4.90 Å². The third-order valence-corrected chi connectivity index (χ3v) is 5.17. The molecule has 0 unspecified atom stereocenters. The summed E-state index contributed by atoms with van der Waals surface area (Å²) in [5, 5.41) is 19.9. The van der Waals surface area contributed by atoms with Crippen LogP contribution < -0.4 is 9.92 Å². The molecule has 2 aromatic carbocycles. The molecule has 148 valence electrons. The standard InChI is InChI=1S/C15H12ClN3O7S2/c16-11-3-1-2-4-13(11)26-28(24,25)10-6-5-9(12(7-10)19(22)23)8-18(14(17)27)15(20)21/h1-7H,8H2,(H2,17,27)(H,20,21). The van der Waals surface area contributed by atoms with Crippen molar-refractivity contribution in [3.05, 3.63) is 63.2 Å². The van der Waals surface area contributed by atoms with Gasteiger partial charge < -0.3 is 15.0 Å². The highest BCUT2D eigenvalue weighted by molar-refractivity contribution is 7.87. The van der Waals surface area contributed by atoms with Crippen molar-refractivity contribution in [3.8, 4) is 5.75 Å². The summed E-state index contributed by atoms with van der Waals surface area (Å²) in [5.41, 5.74) is 4.53. The van der Waals surface area contributed by atoms with Gasteiger partial charge in [0, 0.05) is 11.6 Å². The largest absolute Gasteiger partial charge is 0.465 e. The number of amides is 1. The van der Waals surface area contributed by atoms with Crippen molar-refractivity contribution in [3.63, 3.8) is 0 Å². The Bertz CT molecular complexity index is 1050. The number of hydrogen-bond donors (Lipinski definition) is 2. The number of hydrogen-bond acceptors (Lipinski definition) is 7. The van der Waals surface area contributed by atoms with Gasteiger partial charge in [-0.2, -0.15) is 8.42 Å².